The fourth-order valence-corrected chi connectivity index (χ4v) is 5.72. The molecule has 7 nitrogen and oxygen atoms in total. The summed E-state index contributed by atoms with van der Waals surface area (Å²) in [5.41, 5.74) is 2.11. The Balaban J connectivity index is 1.14. The van der Waals surface area contributed by atoms with Gasteiger partial charge in [0.2, 0.25) is 0 Å². The topological polar surface area (TPSA) is 69.0 Å². The Bertz CT molecular complexity index is 1290. The van der Waals surface area contributed by atoms with Gasteiger partial charge in [0.25, 0.3) is 5.79 Å². The molecule has 0 aliphatic carbocycles. The summed E-state index contributed by atoms with van der Waals surface area (Å²) in [6.07, 6.45) is 5.17. The van der Waals surface area contributed by atoms with Crippen LogP contribution in [0.3, 0.4) is 0 Å². The summed E-state index contributed by atoms with van der Waals surface area (Å²) in [6, 6.07) is 10.5. The Morgan fingerprint density at radius 3 is 2.68 bits per heavy atom. The summed E-state index contributed by atoms with van der Waals surface area (Å²) in [5.74, 6) is 0.901. The average Bonchev–Trinajstić information content (AvgIpc) is 3.41. The fourth-order valence-electron chi connectivity index (χ4n) is 5.56. The molecule has 9 heteroatoms. The highest BCUT2D eigenvalue weighted by Crippen LogP contribution is 2.49. The Hall–Kier alpha value is -2.65. The van der Waals surface area contributed by atoms with Gasteiger partial charge in [-0.3, -0.25) is 4.90 Å². The predicted octanol–water partition coefficient (Wildman–Crippen LogP) is 4.98. The van der Waals surface area contributed by atoms with Crippen molar-refractivity contribution in [3.8, 4) is 11.5 Å². The molecule has 0 spiro atoms. The first kappa shape index (κ1) is 24.7. The lowest BCUT2D eigenvalue weighted by Crippen LogP contribution is -2.35. The van der Waals surface area contributed by atoms with Crippen molar-refractivity contribution in [1.29, 1.82) is 0 Å². The van der Waals surface area contributed by atoms with E-state index in [1.54, 1.807) is 19.1 Å². The van der Waals surface area contributed by atoms with Crippen molar-refractivity contribution in [1.82, 2.24) is 14.5 Å². The van der Waals surface area contributed by atoms with Crippen molar-refractivity contribution in [2.45, 2.75) is 63.7 Å². The van der Waals surface area contributed by atoms with Gasteiger partial charge in [-0.25, -0.2) is 9.37 Å². The van der Waals surface area contributed by atoms with Gasteiger partial charge < -0.3 is 23.9 Å². The molecular weight excluding hydrogens is 497 g/mol. The molecular formula is C28H31ClFN3O4. The monoisotopic (exact) mass is 527 g/mol. The number of imidazole rings is 1. The maximum atomic E-state index is 14.7. The normalized spacial score (nSPS) is 23.8. The number of likely N-dealkylation sites (tertiary alicyclic amines) is 1. The number of para-hydroxylation sites is 1. The number of ether oxygens (including phenoxy) is 3. The third-order valence-electron chi connectivity index (χ3n) is 7.69. The van der Waals surface area contributed by atoms with Gasteiger partial charge in [0.15, 0.2) is 11.5 Å². The molecule has 3 aliphatic heterocycles. The highest BCUT2D eigenvalue weighted by molar-refractivity contribution is 6.30. The molecule has 3 aromatic rings. The van der Waals surface area contributed by atoms with Crippen LogP contribution in [-0.2, 0) is 30.2 Å². The van der Waals surface area contributed by atoms with Crippen molar-refractivity contribution in [3.63, 3.8) is 0 Å². The molecule has 0 bridgehead atoms. The largest absolute Gasteiger partial charge is 0.444 e. The molecule has 2 atom stereocenters. The van der Waals surface area contributed by atoms with Crippen molar-refractivity contribution in [2.24, 2.45) is 0 Å². The molecule has 0 saturated carbocycles. The van der Waals surface area contributed by atoms with Gasteiger partial charge in [0.1, 0.15) is 11.6 Å². The minimum atomic E-state index is -1.25. The fraction of sp³-hybridized carbons (Fsp3) is 0.464. The third-order valence-corrected chi connectivity index (χ3v) is 7.92. The zero-order valence-corrected chi connectivity index (χ0v) is 21.6. The van der Waals surface area contributed by atoms with Crippen LogP contribution in [-0.4, -0.2) is 45.4 Å². The van der Waals surface area contributed by atoms with E-state index in [1.165, 1.54) is 6.07 Å². The number of hydrogen-bond acceptors (Lipinski definition) is 6. The van der Waals surface area contributed by atoms with E-state index in [1.807, 2.05) is 18.3 Å². The van der Waals surface area contributed by atoms with Gasteiger partial charge in [-0.05, 0) is 62.5 Å². The minimum absolute atomic E-state index is 0.0619. The number of nitrogens with zero attached hydrogens (tertiary/aromatic N) is 3. The molecule has 37 heavy (non-hydrogen) atoms. The lowest BCUT2D eigenvalue weighted by molar-refractivity contribution is -0.0712. The van der Waals surface area contributed by atoms with E-state index >= 15 is 0 Å². The summed E-state index contributed by atoms with van der Waals surface area (Å²) in [7, 11) is 0. The van der Waals surface area contributed by atoms with Gasteiger partial charge in [0, 0.05) is 30.3 Å². The van der Waals surface area contributed by atoms with E-state index in [0.717, 1.165) is 63.4 Å². The molecule has 0 radical (unpaired) electrons. The van der Waals surface area contributed by atoms with Crippen LogP contribution >= 0.6 is 11.6 Å². The number of rotatable bonds is 7. The second kappa shape index (κ2) is 9.91. The molecule has 196 valence electrons. The standard InChI is InChI=1S/C28H31ClFN3O4/c1-28(23-6-5-19(29)13-24(23)30)36-25-4-2-3-22(27(25)37-28)18-7-10-32(11-8-18)16-26-31-20(17-34)14-33(26)15-21-9-12-35-21/h2-6,13-14,18,21,34H,7-12,15-17H2,1H3/t21-,28-/m0/s1. The quantitative estimate of drug-likeness (QED) is 0.467. The van der Waals surface area contributed by atoms with Crippen molar-refractivity contribution >= 4 is 11.6 Å². The van der Waals surface area contributed by atoms with Crippen LogP contribution in [0.25, 0.3) is 0 Å². The second-order valence-electron chi connectivity index (χ2n) is 10.2. The molecule has 0 unspecified atom stereocenters. The highest BCUT2D eigenvalue weighted by Gasteiger charge is 2.43. The van der Waals surface area contributed by atoms with E-state index in [2.05, 4.69) is 20.5 Å². The smallest absolute Gasteiger partial charge is 0.278 e. The van der Waals surface area contributed by atoms with Gasteiger partial charge in [-0.15, -0.1) is 0 Å². The Morgan fingerprint density at radius 2 is 1.97 bits per heavy atom. The third kappa shape index (κ3) is 4.83. The highest BCUT2D eigenvalue weighted by atomic mass is 35.5. The maximum absolute atomic E-state index is 14.7. The van der Waals surface area contributed by atoms with E-state index < -0.39 is 11.6 Å². The number of aliphatic hydroxyl groups excluding tert-OH is 1. The van der Waals surface area contributed by atoms with Crippen LogP contribution < -0.4 is 9.47 Å². The lowest BCUT2D eigenvalue weighted by atomic mass is 9.88. The molecule has 2 aromatic carbocycles. The first-order valence-corrected chi connectivity index (χ1v) is 13.3. The van der Waals surface area contributed by atoms with Gasteiger partial charge >= 0.3 is 0 Å². The molecule has 1 aromatic heterocycles. The number of halogens is 2. The first-order chi connectivity index (χ1) is 17.9. The van der Waals surface area contributed by atoms with Crippen LogP contribution in [0.1, 0.15) is 54.7 Å². The molecule has 1 N–H and O–H groups in total. The van der Waals surface area contributed by atoms with Crippen LogP contribution in [0.4, 0.5) is 4.39 Å². The zero-order valence-electron chi connectivity index (χ0n) is 20.8. The molecule has 3 aliphatic rings. The summed E-state index contributed by atoms with van der Waals surface area (Å²) < 4.78 is 34.9. The van der Waals surface area contributed by atoms with Crippen LogP contribution in [0.2, 0.25) is 5.02 Å². The molecule has 4 heterocycles. The summed E-state index contributed by atoms with van der Waals surface area (Å²) in [6.45, 7) is 5.84. The number of hydrogen-bond donors (Lipinski definition) is 1. The maximum Gasteiger partial charge on any atom is 0.278 e. The number of aromatic nitrogens is 2. The second-order valence-corrected chi connectivity index (χ2v) is 10.7. The van der Waals surface area contributed by atoms with Crippen LogP contribution in [0.5, 0.6) is 11.5 Å². The minimum Gasteiger partial charge on any atom is -0.444 e. The van der Waals surface area contributed by atoms with Crippen molar-refractivity contribution in [3.05, 3.63) is 76.1 Å². The zero-order chi connectivity index (χ0) is 25.6. The SMILES string of the molecule is C[C@]1(c2ccc(Cl)cc2F)Oc2cccc(C3CCN(Cc4nc(CO)cn4C[C@@H]4CCO4)CC3)c2O1. The molecule has 2 fully saturated rings. The summed E-state index contributed by atoms with van der Waals surface area (Å²) in [4.78, 5) is 7.06. The van der Waals surface area contributed by atoms with Gasteiger partial charge in [-0.1, -0.05) is 23.7 Å². The van der Waals surface area contributed by atoms with Crippen LogP contribution in [0, 0.1) is 5.82 Å². The number of fused-ring (bicyclic) bond motifs is 1. The van der Waals surface area contributed by atoms with Crippen LogP contribution in [0.15, 0.2) is 42.6 Å². The predicted molar refractivity (Wildman–Crippen MR) is 136 cm³/mol. The van der Waals surface area contributed by atoms with Gasteiger partial charge in [-0.2, -0.15) is 0 Å². The van der Waals surface area contributed by atoms with E-state index in [4.69, 9.17) is 25.8 Å². The number of aliphatic hydroxyl groups is 1. The molecule has 2 saturated heterocycles. The molecule has 0 amide bonds. The van der Waals surface area contributed by atoms with Gasteiger partial charge in [0.05, 0.1) is 37.1 Å². The number of piperidine rings is 1. The first-order valence-electron chi connectivity index (χ1n) is 12.9. The Labute approximate surface area is 220 Å². The van der Waals surface area contributed by atoms with E-state index in [9.17, 15) is 9.50 Å². The Morgan fingerprint density at radius 1 is 1.16 bits per heavy atom. The van der Waals surface area contributed by atoms with Crippen molar-refractivity contribution < 1.29 is 23.7 Å². The molecule has 6 rings (SSSR count). The summed E-state index contributed by atoms with van der Waals surface area (Å²) in [5, 5.41) is 9.92. The Kier molecular flexibility index (Phi) is 6.61. The number of benzene rings is 2. The van der Waals surface area contributed by atoms with Crippen molar-refractivity contribution in [2.75, 3.05) is 19.7 Å². The summed E-state index contributed by atoms with van der Waals surface area (Å²) >= 11 is 5.95. The van der Waals surface area contributed by atoms with E-state index in [0.29, 0.717) is 33.7 Å². The average molecular weight is 528 g/mol. The lowest BCUT2D eigenvalue weighted by Gasteiger charge is -2.33. The van der Waals surface area contributed by atoms with E-state index in [-0.39, 0.29) is 12.7 Å².